The highest BCUT2D eigenvalue weighted by Gasteiger charge is 2.12. The van der Waals surface area contributed by atoms with Crippen LogP contribution in [0, 0.1) is 6.92 Å². The van der Waals surface area contributed by atoms with Gasteiger partial charge in [-0.3, -0.25) is 9.78 Å². The number of fused-ring (bicyclic) bond motifs is 1. The number of hydrogen-bond acceptors (Lipinski definition) is 6. The summed E-state index contributed by atoms with van der Waals surface area (Å²) in [6.07, 6.45) is 2.48. The highest BCUT2D eigenvalue weighted by molar-refractivity contribution is 7.98. The minimum absolute atomic E-state index is 0.0654. The Morgan fingerprint density at radius 3 is 2.87 bits per heavy atom. The van der Waals surface area contributed by atoms with Crippen LogP contribution in [0.5, 0.6) is 5.75 Å². The van der Waals surface area contributed by atoms with E-state index in [1.165, 1.54) is 0 Å². The second-order valence-electron chi connectivity index (χ2n) is 6.93. The van der Waals surface area contributed by atoms with Crippen LogP contribution < -0.4 is 10.1 Å². The van der Waals surface area contributed by atoms with Crippen LogP contribution in [0.1, 0.15) is 27.5 Å². The van der Waals surface area contributed by atoms with Crippen molar-refractivity contribution in [2.24, 2.45) is 0 Å². The van der Waals surface area contributed by atoms with Crippen LogP contribution in [0.3, 0.4) is 0 Å². The first-order valence-electron chi connectivity index (χ1n) is 10.1. The molecular formula is C24H23N3O2S2. The maximum absolute atomic E-state index is 12.7. The first kappa shape index (κ1) is 21.3. The Labute approximate surface area is 189 Å². The third-order valence-electron chi connectivity index (χ3n) is 4.63. The predicted octanol–water partition coefficient (Wildman–Crippen LogP) is 5.49. The molecular weight excluding hydrogens is 426 g/mol. The van der Waals surface area contributed by atoms with E-state index in [0.29, 0.717) is 25.1 Å². The molecule has 1 amide bonds. The van der Waals surface area contributed by atoms with Gasteiger partial charge >= 0.3 is 0 Å². The molecule has 158 valence electrons. The van der Waals surface area contributed by atoms with Crippen molar-refractivity contribution in [3.63, 3.8) is 0 Å². The van der Waals surface area contributed by atoms with Crippen molar-refractivity contribution in [1.29, 1.82) is 0 Å². The van der Waals surface area contributed by atoms with E-state index in [1.807, 2.05) is 61.5 Å². The lowest BCUT2D eigenvalue weighted by atomic mass is 10.2. The number of ether oxygens (including phenoxy) is 1. The van der Waals surface area contributed by atoms with Crippen molar-refractivity contribution < 1.29 is 9.53 Å². The number of carbonyl (C=O) groups is 1. The van der Waals surface area contributed by atoms with Gasteiger partial charge in [-0.25, -0.2) is 4.98 Å². The molecule has 2 aromatic heterocycles. The van der Waals surface area contributed by atoms with Gasteiger partial charge in [-0.2, -0.15) is 0 Å². The predicted molar refractivity (Wildman–Crippen MR) is 127 cm³/mol. The number of pyridine rings is 1. The molecule has 0 spiro atoms. The van der Waals surface area contributed by atoms with Gasteiger partial charge in [0.05, 0.1) is 22.9 Å². The highest BCUT2D eigenvalue weighted by Crippen LogP contribution is 2.27. The normalized spacial score (nSPS) is 10.9. The average Bonchev–Trinajstić information content (AvgIpc) is 3.22. The number of thioether (sulfide) groups is 1. The summed E-state index contributed by atoms with van der Waals surface area (Å²) in [5.74, 6) is 1.45. The highest BCUT2D eigenvalue weighted by atomic mass is 32.2. The zero-order valence-electron chi connectivity index (χ0n) is 17.2. The lowest BCUT2D eigenvalue weighted by Gasteiger charge is -2.11. The molecule has 2 heterocycles. The Morgan fingerprint density at radius 2 is 2.00 bits per heavy atom. The van der Waals surface area contributed by atoms with E-state index < -0.39 is 0 Å². The second-order valence-corrected chi connectivity index (χ2v) is 9.01. The van der Waals surface area contributed by atoms with Crippen LogP contribution in [0.25, 0.3) is 10.9 Å². The minimum Gasteiger partial charge on any atom is -0.491 e. The first-order valence-corrected chi connectivity index (χ1v) is 11.9. The van der Waals surface area contributed by atoms with Gasteiger partial charge in [0, 0.05) is 34.2 Å². The number of para-hydroxylation sites is 1. The van der Waals surface area contributed by atoms with E-state index in [0.717, 1.165) is 38.0 Å². The van der Waals surface area contributed by atoms with Gasteiger partial charge in [0.2, 0.25) is 0 Å². The van der Waals surface area contributed by atoms with Gasteiger partial charge in [0.1, 0.15) is 11.3 Å². The third kappa shape index (κ3) is 5.62. The number of amides is 1. The number of aryl methyl sites for hydroxylation is 1. The SMILES string of the molecule is Cc1nc(CSc2ccccc2C(=O)NCCCOc2cccc3cccnc23)cs1. The molecule has 0 atom stereocenters. The Bertz CT molecular complexity index is 1170. The fourth-order valence-corrected chi connectivity index (χ4v) is 4.81. The number of aromatic nitrogens is 2. The maximum atomic E-state index is 12.7. The standard InChI is InChI=1S/C24H23N3O2S2/c1-17-27-19(15-30-17)16-31-22-11-3-2-9-20(22)24(28)26-13-6-14-29-21-10-4-7-18-8-5-12-25-23(18)21/h2-5,7-12,15H,6,13-14,16H2,1H3,(H,26,28). The Balaban J connectivity index is 1.27. The minimum atomic E-state index is -0.0654. The summed E-state index contributed by atoms with van der Waals surface area (Å²) >= 11 is 3.28. The van der Waals surface area contributed by atoms with Gasteiger partial charge in [0.15, 0.2) is 0 Å². The fourth-order valence-electron chi connectivity index (χ4n) is 3.15. The van der Waals surface area contributed by atoms with Crippen LogP contribution >= 0.6 is 23.1 Å². The zero-order valence-corrected chi connectivity index (χ0v) is 18.8. The first-order chi connectivity index (χ1) is 15.2. The number of hydrogen-bond donors (Lipinski definition) is 1. The Hall–Kier alpha value is -2.90. The van der Waals surface area contributed by atoms with Crippen LogP contribution in [-0.4, -0.2) is 29.0 Å². The smallest absolute Gasteiger partial charge is 0.252 e. The maximum Gasteiger partial charge on any atom is 0.252 e. The van der Waals surface area contributed by atoms with Crippen molar-refractivity contribution in [2.45, 2.75) is 24.0 Å². The summed E-state index contributed by atoms with van der Waals surface area (Å²) in [7, 11) is 0. The lowest BCUT2D eigenvalue weighted by molar-refractivity contribution is 0.0948. The molecule has 0 unspecified atom stereocenters. The molecule has 5 nitrogen and oxygen atoms in total. The second kappa shape index (κ2) is 10.4. The van der Waals surface area contributed by atoms with Crippen molar-refractivity contribution in [3.05, 3.63) is 82.4 Å². The van der Waals surface area contributed by atoms with Crippen molar-refractivity contribution in [3.8, 4) is 5.75 Å². The van der Waals surface area contributed by atoms with Crippen molar-refractivity contribution in [2.75, 3.05) is 13.2 Å². The topological polar surface area (TPSA) is 64.1 Å². The van der Waals surface area contributed by atoms with E-state index in [9.17, 15) is 4.79 Å². The molecule has 0 aliphatic rings. The molecule has 4 rings (SSSR count). The summed E-state index contributed by atoms with van der Waals surface area (Å²) in [5.41, 5.74) is 2.59. The van der Waals surface area contributed by atoms with E-state index in [4.69, 9.17) is 4.74 Å². The summed E-state index contributed by atoms with van der Waals surface area (Å²) in [4.78, 5) is 22.6. The van der Waals surface area contributed by atoms with Crippen LogP contribution in [-0.2, 0) is 5.75 Å². The molecule has 2 aromatic carbocycles. The molecule has 0 radical (unpaired) electrons. The van der Waals surface area contributed by atoms with E-state index in [2.05, 4.69) is 20.7 Å². The van der Waals surface area contributed by atoms with Crippen LogP contribution in [0.2, 0.25) is 0 Å². The molecule has 7 heteroatoms. The average molecular weight is 450 g/mol. The summed E-state index contributed by atoms with van der Waals surface area (Å²) < 4.78 is 5.90. The molecule has 1 N–H and O–H groups in total. The molecule has 0 bridgehead atoms. The molecule has 0 saturated heterocycles. The number of benzene rings is 2. The van der Waals surface area contributed by atoms with E-state index >= 15 is 0 Å². The Morgan fingerprint density at radius 1 is 1.13 bits per heavy atom. The molecule has 0 saturated carbocycles. The molecule has 4 aromatic rings. The zero-order chi connectivity index (χ0) is 21.5. The van der Waals surface area contributed by atoms with Crippen LogP contribution in [0.4, 0.5) is 0 Å². The number of rotatable bonds is 9. The summed E-state index contributed by atoms with van der Waals surface area (Å²) in [5, 5.41) is 7.18. The largest absolute Gasteiger partial charge is 0.491 e. The molecule has 31 heavy (non-hydrogen) atoms. The fraction of sp³-hybridized carbons (Fsp3) is 0.208. The van der Waals surface area contributed by atoms with Gasteiger partial charge in [0.25, 0.3) is 5.91 Å². The van der Waals surface area contributed by atoms with Crippen molar-refractivity contribution >= 4 is 39.9 Å². The van der Waals surface area contributed by atoms with Crippen LogP contribution in [0.15, 0.2) is 71.1 Å². The van der Waals surface area contributed by atoms with E-state index in [1.54, 1.807) is 29.3 Å². The van der Waals surface area contributed by atoms with Crippen molar-refractivity contribution in [1.82, 2.24) is 15.3 Å². The number of thiazole rings is 1. The number of nitrogens with zero attached hydrogens (tertiary/aromatic N) is 2. The summed E-state index contributed by atoms with van der Waals surface area (Å²) in [6, 6.07) is 17.5. The molecule has 0 aliphatic carbocycles. The monoisotopic (exact) mass is 449 g/mol. The molecule has 0 fully saturated rings. The van der Waals surface area contributed by atoms with E-state index in [-0.39, 0.29) is 5.91 Å². The van der Waals surface area contributed by atoms with Gasteiger partial charge in [-0.15, -0.1) is 23.1 Å². The Kier molecular flexibility index (Phi) is 7.17. The lowest BCUT2D eigenvalue weighted by Crippen LogP contribution is -2.26. The van der Waals surface area contributed by atoms with Gasteiger partial charge in [-0.05, 0) is 37.6 Å². The number of nitrogens with one attached hydrogen (secondary N) is 1. The quantitative estimate of drug-likeness (QED) is 0.270. The summed E-state index contributed by atoms with van der Waals surface area (Å²) in [6.45, 7) is 3.05. The molecule has 0 aliphatic heterocycles. The number of carbonyl (C=O) groups excluding carboxylic acids is 1. The van der Waals surface area contributed by atoms with Gasteiger partial charge in [-0.1, -0.05) is 30.3 Å². The third-order valence-corrected chi connectivity index (χ3v) is 6.56. The van der Waals surface area contributed by atoms with Gasteiger partial charge < -0.3 is 10.1 Å².